The van der Waals surface area contributed by atoms with Gasteiger partial charge in [-0.15, -0.1) is 0 Å². The molecule has 0 saturated carbocycles. The van der Waals surface area contributed by atoms with Crippen LogP contribution in [-0.2, 0) is 11.8 Å². The first-order valence-corrected chi connectivity index (χ1v) is 10.7. The van der Waals surface area contributed by atoms with E-state index in [0.717, 1.165) is 28.1 Å². The third-order valence-corrected chi connectivity index (χ3v) is 5.64. The Hall–Kier alpha value is -3.72. The van der Waals surface area contributed by atoms with Gasteiger partial charge in [0, 0.05) is 55.9 Å². The Labute approximate surface area is 194 Å². The summed E-state index contributed by atoms with van der Waals surface area (Å²) in [6.45, 7) is 5.58. The molecule has 0 radical (unpaired) electrons. The van der Waals surface area contributed by atoms with Crippen LogP contribution in [-0.4, -0.2) is 48.0 Å². The second-order valence-corrected chi connectivity index (χ2v) is 8.97. The zero-order valence-electron chi connectivity index (χ0n) is 19.7. The van der Waals surface area contributed by atoms with Crippen LogP contribution in [0.3, 0.4) is 0 Å². The van der Waals surface area contributed by atoms with E-state index in [4.69, 9.17) is 20.9 Å². The minimum atomic E-state index is -0.103. The number of nitrogens with two attached hydrogens (primary N) is 2. The monoisotopic (exact) mass is 449 g/mol. The van der Waals surface area contributed by atoms with Gasteiger partial charge in [0.05, 0.1) is 31.3 Å². The normalized spacial score (nSPS) is 16.0. The van der Waals surface area contributed by atoms with Gasteiger partial charge in [-0.3, -0.25) is 9.58 Å². The molecule has 2 aliphatic rings. The molecule has 0 unspecified atom stereocenters. The molecule has 3 heterocycles. The van der Waals surface area contributed by atoms with Gasteiger partial charge >= 0.3 is 0 Å². The quantitative estimate of drug-likeness (QED) is 0.669. The van der Waals surface area contributed by atoms with E-state index in [1.807, 2.05) is 59.7 Å². The molecule has 33 heavy (non-hydrogen) atoms. The fourth-order valence-electron chi connectivity index (χ4n) is 4.16. The molecule has 9 heteroatoms. The van der Waals surface area contributed by atoms with Crippen molar-refractivity contribution in [3.8, 4) is 16.9 Å². The van der Waals surface area contributed by atoms with Crippen LogP contribution in [0.2, 0.25) is 0 Å². The van der Waals surface area contributed by atoms with Gasteiger partial charge < -0.3 is 25.8 Å². The molecule has 0 spiro atoms. The van der Waals surface area contributed by atoms with Crippen molar-refractivity contribution in [2.24, 2.45) is 28.9 Å². The molecule has 0 amide bonds. The molecular weight excluding hydrogens is 418 g/mol. The third kappa shape index (κ3) is 4.31. The lowest BCUT2D eigenvalue weighted by Crippen LogP contribution is -2.45. The van der Waals surface area contributed by atoms with E-state index >= 15 is 0 Å². The number of hydrogen-bond donors (Lipinski definition) is 2. The van der Waals surface area contributed by atoms with E-state index in [2.05, 4.69) is 23.9 Å². The number of anilines is 1. The average Bonchev–Trinajstić information content (AvgIpc) is 3.22. The molecule has 4 N–H and O–H groups in total. The van der Waals surface area contributed by atoms with Crippen molar-refractivity contribution in [1.82, 2.24) is 14.7 Å². The summed E-state index contributed by atoms with van der Waals surface area (Å²) in [5.74, 6) is 1.55. The number of aliphatic imine (C=N–C) groups is 1. The Kier molecular flexibility index (Phi) is 5.90. The van der Waals surface area contributed by atoms with Crippen LogP contribution in [0, 0.1) is 5.41 Å². The van der Waals surface area contributed by atoms with E-state index in [0.29, 0.717) is 30.7 Å². The number of rotatable bonds is 7. The molecule has 1 aromatic heterocycles. The lowest BCUT2D eigenvalue weighted by Gasteiger charge is -2.38. The van der Waals surface area contributed by atoms with Crippen LogP contribution < -0.4 is 21.1 Å². The number of guanidine groups is 1. The second kappa shape index (κ2) is 8.67. The summed E-state index contributed by atoms with van der Waals surface area (Å²) in [5.41, 5.74) is 17.4. The highest BCUT2D eigenvalue weighted by Crippen LogP contribution is 2.39. The van der Waals surface area contributed by atoms with E-state index < -0.39 is 0 Å². The summed E-state index contributed by atoms with van der Waals surface area (Å²) in [6.07, 6.45) is 9.48. The van der Waals surface area contributed by atoms with Crippen LogP contribution in [0.4, 0.5) is 5.69 Å². The first-order valence-electron chi connectivity index (χ1n) is 10.7. The van der Waals surface area contributed by atoms with Crippen LogP contribution in [0.5, 0.6) is 5.75 Å². The number of aryl methyl sites for hydroxylation is 1. The van der Waals surface area contributed by atoms with Crippen LogP contribution in [0.1, 0.15) is 13.8 Å². The number of nitrogens with zero attached hydrogens (tertiary/aromatic N) is 5. The van der Waals surface area contributed by atoms with Crippen LogP contribution >= 0.6 is 0 Å². The molecule has 0 atom stereocenters. The van der Waals surface area contributed by atoms with Crippen molar-refractivity contribution >= 4 is 11.6 Å². The van der Waals surface area contributed by atoms with Crippen molar-refractivity contribution < 1.29 is 9.47 Å². The van der Waals surface area contributed by atoms with Crippen molar-refractivity contribution in [3.05, 3.63) is 66.2 Å². The van der Waals surface area contributed by atoms with Gasteiger partial charge in [-0.2, -0.15) is 5.10 Å². The number of fused-ring (bicyclic) bond motifs is 1. The Morgan fingerprint density at radius 3 is 2.58 bits per heavy atom. The Balaban J connectivity index is 1.76. The zero-order chi connectivity index (χ0) is 23.8. The molecule has 0 aliphatic carbocycles. The van der Waals surface area contributed by atoms with Crippen molar-refractivity contribution in [2.45, 2.75) is 13.8 Å². The molecule has 2 aliphatic heterocycles. The molecule has 0 saturated heterocycles. The zero-order valence-corrected chi connectivity index (χ0v) is 19.7. The Bertz CT molecular complexity index is 1170. The summed E-state index contributed by atoms with van der Waals surface area (Å²) in [5, 5.41) is 4.26. The summed E-state index contributed by atoms with van der Waals surface area (Å²) < 4.78 is 12.9. The second-order valence-electron chi connectivity index (χ2n) is 8.97. The van der Waals surface area contributed by atoms with E-state index in [9.17, 15) is 0 Å². The number of benzene rings is 1. The number of allylic oxidation sites excluding steroid dienone is 1. The number of ether oxygens (including phenoxy) is 2. The predicted octanol–water partition coefficient (Wildman–Crippen LogP) is 2.74. The third-order valence-electron chi connectivity index (χ3n) is 5.64. The van der Waals surface area contributed by atoms with E-state index in [-0.39, 0.29) is 5.41 Å². The smallest absolute Gasteiger partial charge is 0.205 e. The minimum absolute atomic E-state index is 0.103. The SMILES string of the molecule is COCC(C)(C)CN1C=CC2=CN=C(N)N(c3ccc(-c4cnn(C)c4)cc3OC)C2=C1N. The van der Waals surface area contributed by atoms with Gasteiger partial charge in [0.1, 0.15) is 11.6 Å². The Morgan fingerprint density at radius 2 is 1.91 bits per heavy atom. The summed E-state index contributed by atoms with van der Waals surface area (Å²) >= 11 is 0. The Morgan fingerprint density at radius 1 is 1.12 bits per heavy atom. The molecule has 0 fully saturated rings. The maximum absolute atomic E-state index is 6.71. The fourth-order valence-corrected chi connectivity index (χ4v) is 4.16. The lowest BCUT2D eigenvalue weighted by atomic mass is 9.93. The number of aromatic nitrogens is 2. The fraction of sp³-hybridized carbons (Fsp3) is 0.333. The van der Waals surface area contributed by atoms with Crippen molar-refractivity contribution in [3.63, 3.8) is 0 Å². The first-order chi connectivity index (χ1) is 15.7. The molecule has 9 nitrogen and oxygen atoms in total. The molecule has 174 valence electrons. The highest BCUT2D eigenvalue weighted by Gasteiger charge is 2.32. The predicted molar refractivity (Wildman–Crippen MR) is 130 cm³/mol. The van der Waals surface area contributed by atoms with Gasteiger partial charge in [0.25, 0.3) is 0 Å². The summed E-state index contributed by atoms with van der Waals surface area (Å²) in [4.78, 5) is 8.27. The maximum Gasteiger partial charge on any atom is 0.205 e. The van der Waals surface area contributed by atoms with Gasteiger partial charge in [-0.25, -0.2) is 4.99 Å². The molecule has 4 rings (SSSR count). The van der Waals surface area contributed by atoms with Gasteiger partial charge in [-0.05, 0) is 23.8 Å². The van der Waals surface area contributed by atoms with Crippen molar-refractivity contribution in [2.75, 3.05) is 32.3 Å². The van der Waals surface area contributed by atoms with Gasteiger partial charge in [-0.1, -0.05) is 19.9 Å². The van der Waals surface area contributed by atoms with Crippen LogP contribution in [0.15, 0.2) is 71.2 Å². The standard InChI is InChI=1S/C24H31N7O2/c1-24(2,15-32-4)14-30-9-8-17-11-27-23(26)31(21(17)22(30)25)19-7-6-16(10-20(19)33-5)18-12-28-29(3)13-18/h6-13H,14-15,25H2,1-5H3,(H2,26,27). The molecule has 1 aromatic carbocycles. The van der Waals surface area contributed by atoms with Crippen molar-refractivity contribution in [1.29, 1.82) is 0 Å². The largest absolute Gasteiger partial charge is 0.495 e. The average molecular weight is 450 g/mol. The number of hydrogen-bond acceptors (Lipinski definition) is 8. The summed E-state index contributed by atoms with van der Waals surface area (Å²) in [7, 11) is 5.23. The minimum Gasteiger partial charge on any atom is -0.495 e. The van der Waals surface area contributed by atoms with Gasteiger partial charge in [0.15, 0.2) is 0 Å². The topological polar surface area (TPSA) is 107 Å². The maximum atomic E-state index is 6.71. The van der Waals surface area contributed by atoms with E-state index in [1.165, 1.54) is 0 Å². The molecular formula is C24H31N7O2. The molecule has 2 aromatic rings. The molecule has 0 bridgehead atoms. The van der Waals surface area contributed by atoms with Gasteiger partial charge in [0.2, 0.25) is 5.96 Å². The highest BCUT2D eigenvalue weighted by molar-refractivity contribution is 6.02. The van der Waals surface area contributed by atoms with Crippen LogP contribution in [0.25, 0.3) is 11.1 Å². The lowest BCUT2D eigenvalue weighted by molar-refractivity contribution is 0.0880. The number of methoxy groups -OCH3 is 2. The van der Waals surface area contributed by atoms with E-state index in [1.54, 1.807) is 25.1 Å². The highest BCUT2D eigenvalue weighted by atomic mass is 16.5. The first kappa shape index (κ1) is 22.5. The summed E-state index contributed by atoms with van der Waals surface area (Å²) in [6, 6.07) is 5.94.